The molecule has 2 N–H and O–H groups in total. The lowest BCUT2D eigenvalue weighted by molar-refractivity contribution is 0.303. The zero-order valence-corrected chi connectivity index (χ0v) is 11.5. The van der Waals surface area contributed by atoms with Crippen molar-refractivity contribution >= 4 is 5.69 Å². The molecule has 0 spiro atoms. The number of hydrogen-bond donors (Lipinski definition) is 1. The van der Waals surface area contributed by atoms with Crippen molar-refractivity contribution in [2.24, 2.45) is 0 Å². The van der Waals surface area contributed by atoms with Gasteiger partial charge in [0.1, 0.15) is 5.75 Å². The lowest BCUT2D eigenvalue weighted by atomic mass is 9.99. The Morgan fingerprint density at radius 3 is 2.67 bits per heavy atom. The van der Waals surface area contributed by atoms with Gasteiger partial charge in [-0.15, -0.1) is 0 Å². The molecule has 0 amide bonds. The largest absolute Gasteiger partial charge is 0.493 e. The number of nitrogens with zero attached hydrogens (tertiary/aromatic N) is 1. The number of ether oxygens (including phenoxy) is 1. The van der Waals surface area contributed by atoms with Gasteiger partial charge >= 0.3 is 0 Å². The first-order valence-corrected chi connectivity index (χ1v) is 6.46. The van der Waals surface area contributed by atoms with Crippen molar-refractivity contribution in [3.8, 4) is 11.8 Å². The Kier molecular flexibility index (Phi) is 5.51. The van der Waals surface area contributed by atoms with E-state index in [1.165, 1.54) is 0 Å². The van der Waals surface area contributed by atoms with Crippen LogP contribution in [0.15, 0.2) is 12.1 Å². The van der Waals surface area contributed by atoms with Crippen LogP contribution < -0.4 is 10.5 Å². The quantitative estimate of drug-likeness (QED) is 0.614. The number of nitriles is 1. The molecule has 1 rings (SSSR count). The van der Waals surface area contributed by atoms with E-state index in [0.717, 1.165) is 35.4 Å². The second-order valence-corrected chi connectivity index (χ2v) is 4.87. The van der Waals surface area contributed by atoms with Gasteiger partial charge < -0.3 is 10.5 Å². The number of unbranched alkanes of at least 4 members (excludes halogenated alkanes) is 2. The summed E-state index contributed by atoms with van der Waals surface area (Å²) >= 11 is 0. The van der Waals surface area contributed by atoms with Crippen LogP contribution >= 0.6 is 0 Å². The van der Waals surface area contributed by atoms with E-state index in [2.05, 4.69) is 19.9 Å². The summed E-state index contributed by atoms with van der Waals surface area (Å²) in [6.07, 6.45) is 2.40. The summed E-state index contributed by atoms with van der Waals surface area (Å²) < 4.78 is 5.82. The van der Waals surface area contributed by atoms with Gasteiger partial charge in [-0.25, -0.2) is 0 Å². The Morgan fingerprint density at radius 2 is 2.06 bits per heavy atom. The third-order valence-electron chi connectivity index (χ3n) is 2.96. The minimum absolute atomic E-state index is 0.391. The molecule has 3 nitrogen and oxygen atoms in total. The van der Waals surface area contributed by atoms with Crippen molar-refractivity contribution < 1.29 is 4.74 Å². The Bertz CT molecular complexity index is 433. The molecule has 0 unspecified atom stereocenters. The lowest BCUT2D eigenvalue weighted by Crippen LogP contribution is -2.03. The van der Waals surface area contributed by atoms with Gasteiger partial charge in [0.2, 0.25) is 0 Å². The molecule has 0 aliphatic rings. The maximum absolute atomic E-state index is 8.46. The minimum atomic E-state index is 0.391. The van der Waals surface area contributed by atoms with Crippen molar-refractivity contribution in [2.75, 3.05) is 12.3 Å². The summed E-state index contributed by atoms with van der Waals surface area (Å²) in [6.45, 7) is 6.91. The Morgan fingerprint density at radius 1 is 1.33 bits per heavy atom. The van der Waals surface area contributed by atoms with Gasteiger partial charge in [-0.2, -0.15) is 5.26 Å². The van der Waals surface area contributed by atoms with E-state index >= 15 is 0 Å². The predicted molar refractivity (Wildman–Crippen MR) is 74.6 cm³/mol. The fraction of sp³-hybridized carbons (Fsp3) is 0.533. The number of hydrogen-bond acceptors (Lipinski definition) is 3. The molecule has 0 heterocycles. The maximum atomic E-state index is 8.46. The van der Waals surface area contributed by atoms with Gasteiger partial charge in [-0.05, 0) is 48.9 Å². The second-order valence-electron chi connectivity index (χ2n) is 4.87. The molecule has 0 fully saturated rings. The zero-order valence-electron chi connectivity index (χ0n) is 11.5. The smallest absolute Gasteiger partial charge is 0.123 e. The third kappa shape index (κ3) is 3.96. The van der Waals surface area contributed by atoms with Crippen molar-refractivity contribution in [1.29, 1.82) is 5.26 Å². The van der Waals surface area contributed by atoms with Crippen LogP contribution in [0.3, 0.4) is 0 Å². The standard InChI is InChI=1S/C15H22N2O/c1-11(2)13-10-14(17)12(3)9-15(13)18-8-6-4-5-7-16/h9-11H,4-6,8,17H2,1-3H3. The number of benzene rings is 1. The molecule has 3 heteroatoms. The van der Waals surface area contributed by atoms with Crippen LogP contribution in [-0.2, 0) is 0 Å². The average molecular weight is 246 g/mol. The molecule has 1 aromatic rings. The molecule has 18 heavy (non-hydrogen) atoms. The Balaban J connectivity index is 2.69. The van der Waals surface area contributed by atoms with Gasteiger partial charge in [-0.1, -0.05) is 13.8 Å². The van der Waals surface area contributed by atoms with Crippen LogP contribution in [0.5, 0.6) is 5.75 Å². The molecule has 0 saturated heterocycles. The van der Waals surface area contributed by atoms with Crippen LogP contribution in [0.2, 0.25) is 0 Å². The minimum Gasteiger partial charge on any atom is -0.493 e. The van der Waals surface area contributed by atoms with Crippen LogP contribution in [-0.4, -0.2) is 6.61 Å². The van der Waals surface area contributed by atoms with Crippen LogP contribution in [0, 0.1) is 18.3 Å². The highest BCUT2D eigenvalue weighted by molar-refractivity contribution is 5.55. The molecule has 0 atom stereocenters. The Hall–Kier alpha value is -1.69. The van der Waals surface area contributed by atoms with E-state index in [1.807, 2.05) is 19.1 Å². The van der Waals surface area contributed by atoms with Gasteiger partial charge in [0, 0.05) is 12.1 Å². The number of rotatable bonds is 6. The molecular weight excluding hydrogens is 224 g/mol. The lowest BCUT2D eigenvalue weighted by Gasteiger charge is -2.16. The molecule has 0 bridgehead atoms. The molecule has 0 saturated carbocycles. The molecule has 0 aliphatic heterocycles. The molecule has 0 aromatic heterocycles. The second kappa shape index (κ2) is 6.90. The van der Waals surface area contributed by atoms with E-state index in [0.29, 0.717) is 18.9 Å². The molecule has 98 valence electrons. The highest BCUT2D eigenvalue weighted by Crippen LogP contribution is 2.31. The molecule has 1 aromatic carbocycles. The van der Waals surface area contributed by atoms with Gasteiger partial charge in [0.25, 0.3) is 0 Å². The van der Waals surface area contributed by atoms with Crippen molar-refractivity contribution in [2.45, 2.75) is 46.0 Å². The predicted octanol–water partition coefficient (Wildman–Crippen LogP) is 3.77. The van der Waals surface area contributed by atoms with Crippen LogP contribution in [0.25, 0.3) is 0 Å². The number of anilines is 1. The SMILES string of the molecule is Cc1cc(OCCCCC#N)c(C(C)C)cc1N. The monoisotopic (exact) mass is 246 g/mol. The topological polar surface area (TPSA) is 59.0 Å². The summed E-state index contributed by atoms with van der Waals surface area (Å²) in [5.41, 5.74) is 8.94. The molecule has 0 aliphatic carbocycles. The van der Waals surface area contributed by atoms with Gasteiger partial charge in [0.15, 0.2) is 0 Å². The Labute approximate surface area is 110 Å². The van der Waals surface area contributed by atoms with E-state index < -0.39 is 0 Å². The average Bonchev–Trinajstić information content (AvgIpc) is 2.32. The van der Waals surface area contributed by atoms with E-state index in [4.69, 9.17) is 15.7 Å². The summed E-state index contributed by atoms with van der Waals surface area (Å²) in [4.78, 5) is 0. The highest BCUT2D eigenvalue weighted by Gasteiger charge is 2.10. The number of nitrogen functional groups attached to an aromatic ring is 1. The van der Waals surface area contributed by atoms with Crippen LogP contribution in [0.1, 0.15) is 50.2 Å². The zero-order chi connectivity index (χ0) is 13.5. The summed E-state index contributed by atoms with van der Waals surface area (Å²) in [7, 11) is 0. The van der Waals surface area contributed by atoms with E-state index in [9.17, 15) is 0 Å². The first-order chi connectivity index (χ1) is 8.56. The summed E-state index contributed by atoms with van der Waals surface area (Å²) in [6, 6.07) is 6.15. The first-order valence-electron chi connectivity index (χ1n) is 6.46. The highest BCUT2D eigenvalue weighted by atomic mass is 16.5. The van der Waals surface area contributed by atoms with Gasteiger partial charge in [0.05, 0.1) is 12.7 Å². The number of nitrogens with two attached hydrogens (primary N) is 1. The van der Waals surface area contributed by atoms with Crippen molar-refractivity contribution in [1.82, 2.24) is 0 Å². The van der Waals surface area contributed by atoms with Crippen molar-refractivity contribution in [3.63, 3.8) is 0 Å². The summed E-state index contributed by atoms with van der Waals surface area (Å²) in [5.74, 6) is 1.32. The fourth-order valence-corrected chi connectivity index (χ4v) is 1.78. The van der Waals surface area contributed by atoms with Gasteiger partial charge in [-0.3, -0.25) is 0 Å². The fourth-order valence-electron chi connectivity index (χ4n) is 1.78. The van der Waals surface area contributed by atoms with E-state index in [-0.39, 0.29) is 0 Å². The maximum Gasteiger partial charge on any atom is 0.123 e. The third-order valence-corrected chi connectivity index (χ3v) is 2.96. The molecule has 0 radical (unpaired) electrons. The normalized spacial score (nSPS) is 10.4. The number of aryl methyl sites for hydroxylation is 1. The van der Waals surface area contributed by atoms with E-state index in [1.54, 1.807) is 0 Å². The van der Waals surface area contributed by atoms with Crippen molar-refractivity contribution in [3.05, 3.63) is 23.3 Å². The molecular formula is C15H22N2O. The first kappa shape index (κ1) is 14.4. The summed E-state index contributed by atoms with van der Waals surface area (Å²) in [5, 5.41) is 8.46. The van der Waals surface area contributed by atoms with Crippen LogP contribution in [0.4, 0.5) is 5.69 Å².